The van der Waals surface area contributed by atoms with E-state index in [2.05, 4.69) is 0 Å². The Morgan fingerprint density at radius 3 is 2.53 bits per heavy atom. The first kappa shape index (κ1) is 15.1. The molecule has 0 radical (unpaired) electrons. The smallest absolute Gasteiger partial charge is 0.321 e. The lowest BCUT2D eigenvalue weighted by atomic mass is 10.1. The summed E-state index contributed by atoms with van der Waals surface area (Å²) in [7, 11) is -3.87. The van der Waals surface area contributed by atoms with Gasteiger partial charge in [-0.1, -0.05) is 30.3 Å². The molecule has 1 aromatic carbocycles. The third-order valence-corrected chi connectivity index (χ3v) is 3.59. The van der Waals surface area contributed by atoms with Crippen molar-refractivity contribution in [3.8, 4) is 6.07 Å². The van der Waals surface area contributed by atoms with E-state index in [0.29, 0.717) is 6.42 Å². The summed E-state index contributed by atoms with van der Waals surface area (Å²) in [4.78, 5) is 11.0. The zero-order valence-corrected chi connectivity index (χ0v) is 10.9. The van der Waals surface area contributed by atoms with Gasteiger partial charge >= 0.3 is 5.97 Å². The van der Waals surface area contributed by atoms with Crippen LogP contribution in [0.5, 0.6) is 0 Å². The monoisotopic (exact) mass is 282 g/mol. The molecule has 0 bridgehead atoms. The predicted octanol–water partition coefficient (Wildman–Crippen LogP) is 0.515. The van der Waals surface area contributed by atoms with E-state index in [4.69, 9.17) is 10.4 Å². The number of hydrogen-bond donors (Lipinski definition) is 2. The maximum absolute atomic E-state index is 11.4. The van der Waals surface area contributed by atoms with Gasteiger partial charge in [-0.15, -0.1) is 0 Å². The first-order valence-corrected chi connectivity index (χ1v) is 7.23. The van der Waals surface area contributed by atoms with Gasteiger partial charge in [0.05, 0.1) is 6.07 Å². The molecule has 1 aromatic rings. The number of nitriles is 1. The number of benzene rings is 1. The van der Waals surface area contributed by atoms with Crippen molar-refractivity contribution < 1.29 is 18.3 Å². The molecule has 0 amide bonds. The van der Waals surface area contributed by atoms with Gasteiger partial charge in [0.2, 0.25) is 10.0 Å². The normalized spacial score (nSPS) is 12.6. The second-order valence-corrected chi connectivity index (χ2v) is 5.70. The minimum atomic E-state index is -3.87. The standard InChI is InChI=1S/C12H14N2O4S/c13-8-9-19(17,18)14-11(12(15)16)7-6-10-4-2-1-3-5-10/h1-5,11,14H,6-7,9H2,(H,15,16). The molecule has 0 saturated heterocycles. The summed E-state index contributed by atoms with van der Waals surface area (Å²) in [6.45, 7) is 0. The highest BCUT2D eigenvalue weighted by Gasteiger charge is 2.23. The van der Waals surface area contributed by atoms with E-state index in [0.717, 1.165) is 5.56 Å². The van der Waals surface area contributed by atoms with Gasteiger partial charge in [-0.2, -0.15) is 5.26 Å². The van der Waals surface area contributed by atoms with Crippen molar-refractivity contribution in [2.45, 2.75) is 18.9 Å². The van der Waals surface area contributed by atoms with Gasteiger partial charge in [0.25, 0.3) is 0 Å². The molecular weight excluding hydrogens is 268 g/mol. The molecule has 0 aliphatic heterocycles. The van der Waals surface area contributed by atoms with Crippen LogP contribution >= 0.6 is 0 Å². The molecule has 0 aliphatic carbocycles. The number of nitrogens with zero attached hydrogens (tertiary/aromatic N) is 1. The molecule has 102 valence electrons. The van der Waals surface area contributed by atoms with Gasteiger partial charge in [0.15, 0.2) is 5.75 Å². The lowest BCUT2D eigenvalue weighted by Gasteiger charge is -2.13. The minimum absolute atomic E-state index is 0.129. The van der Waals surface area contributed by atoms with Crippen LogP contribution in [0.4, 0.5) is 0 Å². The highest BCUT2D eigenvalue weighted by molar-refractivity contribution is 7.89. The Morgan fingerprint density at radius 1 is 1.37 bits per heavy atom. The van der Waals surface area contributed by atoms with Gasteiger partial charge in [0, 0.05) is 0 Å². The van der Waals surface area contributed by atoms with E-state index < -0.39 is 27.8 Å². The van der Waals surface area contributed by atoms with Crippen LogP contribution < -0.4 is 4.72 Å². The highest BCUT2D eigenvalue weighted by atomic mass is 32.2. The van der Waals surface area contributed by atoms with Crippen LogP contribution in [-0.2, 0) is 21.2 Å². The van der Waals surface area contributed by atoms with Gasteiger partial charge in [-0.05, 0) is 18.4 Å². The summed E-state index contributed by atoms with van der Waals surface area (Å²) in [6.07, 6.45) is 0.566. The largest absolute Gasteiger partial charge is 0.480 e. The first-order chi connectivity index (χ1) is 8.94. The van der Waals surface area contributed by atoms with Crippen molar-refractivity contribution in [3.05, 3.63) is 35.9 Å². The Hall–Kier alpha value is -1.91. The molecule has 7 heteroatoms. The lowest BCUT2D eigenvalue weighted by Crippen LogP contribution is -2.41. The second kappa shape index (κ2) is 6.87. The number of aryl methyl sites for hydroxylation is 1. The van der Waals surface area contributed by atoms with E-state index in [1.165, 1.54) is 6.07 Å². The molecule has 0 heterocycles. The van der Waals surface area contributed by atoms with Crippen LogP contribution in [-0.4, -0.2) is 31.3 Å². The molecule has 0 aromatic heterocycles. The predicted molar refractivity (Wildman–Crippen MR) is 68.7 cm³/mol. The SMILES string of the molecule is N#CCS(=O)(=O)NC(CCc1ccccc1)C(=O)O. The summed E-state index contributed by atoms with van der Waals surface area (Å²) in [5.41, 5.74) is 0.924. The quantitative estimate of drug-likeness (QED) is 0.758. The highest BCUT2D eigenvalue weighted by Crippen LogP contribution is 2.06. The summed E-state index contributed by atoms with van der Waals surface area (Å²) in [6, 6.07) is 9.42. The number of sulfonamides is 1. The molecule has 1 unspecified atom stereocenters. The summed E-state index contributed by atoms with van der Waals surface area (Å²) >= 11 is 0. The Morgan fingerprint density at radius 2 is 2.00 bits per heavy atom. The van der Waals surface area contributed by atoms with E-state index in [9.17, 15) is 13.2 Å². The number of carboxylic acid groups (broad SMARTS) is 1. The van der Waals surface area contributed by atoms with Crippen LogP contribution in [0.3, 0.4) is 0 Å². The van der Waals surface area contributed by atoms with Gasteiger partial charge in [0.1, 0.15) is 6.04 Å². The maximum Gasteiger partial charge on any atom is 0.321 e. The number of carbonyl (C=O) groups is 1. The molecule has 0 aliphatic rings. The Bertz CT molecular complexity index is 563. The molecule has 19 heavy (non-hydrogen) atoms. The fourth-order valence-corrected chi connectivity index (χ4v) is 2.44. The summed E-state index contributed by atoms with van der Waals surface area (Å²) in [5.74, 6) is -2.00. The fourth-order valence-electron chi connectivity index (χ4n) is 1.53. The van der Waals surface area contributed by atoms with Gasteiger partial charge < -0.3 is 5.11 Å². The number of rotatable bonds is 7. The maximum atomic E-state index is 11.4. The van der Waals surface area contributed by atoms with Crippen LogP contribution in [0.1, 0.15) is 12.0 Å². The van der Waals surface area contributed by atoms with Crippen LogP contribution in [0.15, 0.2) is 30.3 Å². The first-order valence-electron chi connectivity index (χ1n) is 5.58. The van der Waals surface area contributed by atoms with E-state index >= 15 is 0 Å². The van der Waals surface area contributed by atoms with Gasteiger partial charge in [-0.25, -0.2) is 13.1 Å². The van der Waals surface area contributed by atoms with Crippen molar-refractivity contribution in [1.29, 1.82) is 5.26 Å². The van der Waals surface area contributed by atoms with Crippen molar-refractivity contribution in [3.63, 3.8) is 0 Å². The number of hydrogen-bond acceptors (Lipinski definition) is 4. The third kappa shape index (κ3) is 5.50. The van der Waals surface area contributed by atoms with E-state index in [-0.39, 0.29) is 6.42 Å². The topological polar surface area (TPSA) is 107 Å². The van der Waals surface area contributed by atoms with E-state index in [1.807, 2.05) is 35.1 Å². The van der Waals surface area contributed by atoms with Crippen LogP contribution in [0.25, 0.3) is 0 Å². The zero-order valence-electron chi connectivity index (χ0n) is 10.1. The van der Waals surface area contributed by atoms with Crippen molar-refractivity contribution in [2.75, 3.05) is 5.75 Å². The zero-order chi connectivity index (χ0) is 14.3. The number of carboxylic acids is 1. The molecule has 1 atom stereocenters. The van der Waals surface area contributed by atoms with Gasteiger partial charge in [-0.3, -0.25) is 4.79 Å². The minimum Gasteiger partial charge on any atom is -0.480 e. The molecular formula is C12H14N2O4S. The summed E-state index contributed by atoms with van der Waals surface area (Å²) in [5, 5.41) is 17.3. The molecule has 0 saturated carbocycles. The van der Waals surface area contributed by atoms with Crippen LogP contribution in [0.2, 0.25) is 0 Å². The molecule has 2 N–H and O–H groups in total. The summed E-state index contributed by atoms with van der Waals surface area (Å²) < 4.78 is 24.7. The fraction of sp³-hybridized carbons (Fsp3) is 0.333. The molecule has 0 fully saturated rings. The Balaban J connectivity index is 2.65. The van der Waals surface area contributed by atoms with E-state index in [1.54, 1.807) is 0 Å². The van der Waals surface area contributed by atoms with Crippen molar-refractivity contribution in [1.82, 2.24) is 4.72 Å². The average Bonchev–Trinajstić information content (AvgIpc) is 2.35. The number of nitrogens with one attached hydrogen (secondary N) is 1. The lowest BCUT2D eigenvalue weighted by molar-refractivity contribution is -0.139. The van der Waals surface area contributed by atoms with Crippen molar-refractivity contribution in [2.24, 2.45) is 0 Å². The number of aliphatic carboxylic acids is 1. The molecule has 0 spiro atoms. The van der Waals surface area contributed by atoms with Crippen LogP contribution in [0, 0.1) is 11.3 Å². The third-order valence-electron chi connectivity index (χ3n) is 2.44. The Kier molecular flexibility index (Phi) is 5.48. The molecule has 1 rings (SSSR count). The average molecular weight is 282 g/mol. The van der Waals surface area contributed by atoms with Crippen molar-refractivity contribution >= 4 is 16.0 Å². The molecule has 6 nitrogen and oxygen atoms in total. The Labute approximate surface area is 111 Å². The second-order valence-electron chi connectivity index (χ2n) is 3.95.